The molecule has 0 saturated heterocycles. The van der Waals surface area contributed by atoms with Crippen LogP contribution in [-0.4, -0.2) is 17.4 Å². The van der Waals surface area contributed by atoms with Gasteiger partial charge in [0.05, 0.1) is 0 Å². The lowest BCUT2D eigenvalue weighted by Crippen LogP contribution is -2.29. The van der Waals surface area contributed by atoms with Crippen molar-refractivity contribution in [1.82, 2.24) is 5.32 Å². The molecule has 0 amide bonds. The minimum atomic E-state index is -0.123. The number of halogens is 1. The SMILES string of the molecule is CC(C)c1ccc(NC(=S)NCCCSCc2ccccc2F)cc1. The fraction of sp³-hybridized carbons (Fsp3) is 0.350. The van der Waals surface area contributed by atoms with E-state index in [1.807, 2.05) is 24.3 Å². The zero-order valence-corrected chi connectivity index (χ0v) is 16.4. The third-order valence-electron chi connectivity index (χ3n) is 3.80. The van der Waals surface area contributed by atoms with Crippen LogP contribution < -0.4 is 10.6 Å². The molecule has 0 fully saturated rings. The van der Waals surface area contributed by atoms with E-state index in [1.165, 1.54) is 11.6 Å². The number of thioether (sulfide) groups is 1. The zero-order chi connectivity index (χ0) is 18.1. The first-order valence-electron chi connectivity index (χ1n) is 8.52. The van der Waals surface area contributed by atoms with Crippen LogP contribution in [0.5, 0.6) is 0 Å². The van der Waals surface area contributed by atoms with Gasteiger partial charge in [-0.05, 0) is 59.6 Å². The number of rotatable bonds is 8. The Morgan fingerprint density at radius 1 is 1.12 bits per heavy atom. The Morgan fingerprint density at radius 2 is 1.84 bits per heavy atom. The van der Waals surface area contributed by atoms with Gasteiger partial charge in [-0.1, -0.05) is 44.2 Å². The van der Waals surface area contributed by atoms with E-state index in [0.717, 1.165) is 30.0 Å². The van der Waals surface area contributed by atoms with Gasteiger partial charge >= 0.3 is 0 Å². The van der Waals surface area contributed by atoms with Crippen LogP contribution in [0, 0.1) is 5.82 Å². The van der Waals surface area contributed by atoms with Gasteiger partial charge in [-0.3, -0.25) is 0 Å². The summed E-state index contributed by atoms with van der Waals surface area (Å²) in [6.07, 6.45) is 0.979. The van der Waals surface area contributed by atoms with E-state index in [-0.39, 0.29) is 5.82 Å². The smallest absolute Gasteiger partial charge is 0.170 e. The quantitative estimate of drug-likeness (QED) is 0.465. The van der Waals surface area contributed by atoms with Gasteiger partial charge < -0.3 is 10.6 Å². The molecular formula is C20H25FN2S2. The summed E-state index contributed by atoms with van der Waals surface area (Å²) in [5, 5.41) is 7.04. The van der Waals surface area contributed by atoms with Crippen molar-refractivity contribution in [1.29, 1.82) is 0 Å². The average Bonchev–Trinajstić information content (AvgIpc) is 2.60. The van der Waals surface area contributed by atoms with E-state index in [9.17, 15) is 4.39 Å². The minimum Gasteiger partial charge on any atom is -0.362 e. The predicted octanol–water partition coefficient (Wildman–Crippen LogP) is 5.56. The van der Waals surface area contributed by atoms with Crippen molar-refractivity contribution in [2.45, 2.75) is 31.9 Å². The highest BCUT2D eigenvalue weighted by atomic mass is 32.2. The second-order valence-corrected chi connectivity index (χ2v) is 7.67. The van der Waals surface area contributed by atoms with Crippen LogP contribution >= 0.6 is 24.0 Å². The molecule has 0 saturated carbocycles. The molecule has 134 valence electrons. The molecule has 0 aromatic heterocycles. The highest BCUT2D eigenvalue weighted by molar-refractivity contribution is 7.98. The molecule has 25 heavy (non-hydrogen) atoms. The molecule has 0 spiro atoms. The van der Waals surface area contributed by atoms with Crippen molar-refractivity contribution in [2.75, 3.05) is 17.6 Å². The van der Waals surface area contributed by atoms with E-state index < -0.39 is 0 Å². The summed E-state index contributed by atoms with van der Waals surface area (Å²) in [5.41, 5.74) is 3.08. The topological polar surface area (TPSA) is 24.1 Å². The highest BCUT2D eigenvalue weighted by Gasteiger charge is 2.02. The number of nitrogens with one attached hydrogen (secondary N) is 2. The van der Waals surface area contributed by atoms with Crippen LogP contribution in [0.15, 0.2) is 48.5 Å². The van der Waals surface area contributed by atoms with Crippen molar-refractivity contribution >= 4 is 34.8 Å². The van der Waals surface area contributed by atoms with Crippen LogP contribution in [0.3, 0.4) is 0 Å². The molecule has 0 aliphatic heterocycles. The van der Waals surface area contributed by atoms with Gasteiger partial charge in [0.2, 0.25) is 0 Å². The first kappa shape index (κ1) is 19.7. The van der Waals surface area contributed by atoms with Gasteiger partial charge in [-0.25, -0.2) is 4.39 Å². The van der Waals surface area contributed by atoms with Crippen LogP contribution in [-0.2, 0) is 5.75 Å². The molecule has 0 radical (unpaired) electrons. The molecule has 0 bridgehead atoms. The molecule has 0 heterocycles. The monoisotopic (exact) mass is 376 g/mol. The van der Waals surface area contributed by atoms with Crippen molar-refractivity contribution in [3.63, 3.8) is 0 Å². The summed E-state index contributed by atoms with van der Waals surface area (Å²) < 4.78 is 13.5. The zero-order valence-electron chi connectivity index (χ0n) is 14.7. The molecule has 2 aromatic carbocycles. The molecule has 2 rings (SSSR count). The van der Waals surface area contributed by atoms with E-state index >= 15 is 0 Å². The Morgan fingerprint density at radius 3 is 2.52 bits per heavy atom. The first-order chi connectivity index (χ1) is 12.1. The van der Waals surface area contributed by atoms with E-state index in [1.54, 1.807) is 17.8 Å². The average molecular weight is 377 g/mol. The largest absolute Gasteiger partial charge is 0.362 e. The fourth-order valence-electron chi connectivity index (χ4n) is 2.30. The van der Waals surface area contributed by atoms with Gasteiger partial charge in [0.1, 0.15) is 5.82 Å². The van der Waals surface area contributed by atoms with Gasteiger partial charge in [0, 0.05) is 18.0 Å². The molecule has 0 atom stereocenters. The summed E-state index contributed by atoms with van der Waals surface area (Å²) in [5.74, 6) is 2.08. The number of anilines is 1. The second-order valence-electron chi connectivity index (χ2n) is 6.16. The molecule has 0 aliphatic carbocycles. The van der Waals surface area contributed by atoms with Crippen molar-refractivity contribution < 1.29 is 4.39 Å². The van der Waals surface area contributed by atoms with Gasteiger partial charge in [0.15, 0.2) is 5.11 Å². The number of hydrogen-bond acceptors (Lipinski definition) is 2. The molecule has 5 heteroatoms. The third kappa shape index (κ3) is 7.04. The lowest BCUT2D eigenvalue weighted by molar-refractivity contribution is 0.617. The maximum absolute atomic E-state index is 13.5. The Hall–Kier alpha value is -1.59. The molecule has 2 nitrogen and oxygen atoms in total. The Labute approximate surface area is 159 Å². The van der Waals surface area contributed by atoms with E-state index in [0.29, 0.717) is 16.8 Å². The highest BCUT2D eigenvalue weighted by Crippen LogP contribution is 2.17. The summed E-state index contributed by atoms with van der Waals surface area (Å²) in [7, 11) is 0. The maximum atomic E-state index is 13.5. The summed E-state index contributed by atoms with van der Waals surface area (Å²) in [4.78, 5) is 0. The third-order valence-corrected chi connectivity index (χ3v) is 5.14. The minimum absolute atomic E-state index is 0.123. The molecule has 0 aliphatic rings. The fourth-order valence-corrected chi connectivity index (χ4v) is 3.47. The standard InChI is InChI=1S/C20H25FN2S2/c1-15(2)16-8-10-18(11-9-16)23-20(24)22-12-5-13-25-14-17-6-3-4-7-19(17)21/h3-4,6-11,15H,5,12-14H2,1-2H3,(H2,22,23,24). The van der Waals surface area contributed by atoms with Gasteiger partial charge in [-0.15, -0.1) is 0 Å². The second kappa shape index (κ2) is 10.4. The summed E-state index contributed by atoms with van der Waals surface area (Å²) in [6, 6.07) is 15.3. The van der Waals surface area contributed by atoms with Crippen LogP contribution in [0.4, 0.5) is 10.1 Å². The molecule has 0 unspecified atom stereocenters. The number of thiocarbonyl (C=S) groups is 1. The Balaban J connectivity index is 1.60. The number of benzene rings is 2. The van der Waals surface area contributed by atoms with E-state index in [2.05, 4.69) is 36.6 Å². The van der Waals surface area contributed by atoms with Crippen LogP contribution in [0.2, 0.25) is 0 Å². The van der Waals surface area contributed by atoms with Gasteiger partial charge in [-0.2, -0.15) is 11.8 Å². The van der Waals surface area contributed by atoms with Crippen LogP contribution in [0.25, 0.3) is 0 Å². The normalized spacial score (nSPS) is 10.7. The first-order valence-corrected chi connectivity index (χ1v) is 10.1. The summed E-state index contributed by atoms with van der Waals surface area (Å²) >= 11 is 7.05. The molecule has 2 aromatic rings. The van der Waals surface area contributed by atoms with Crippen molar-refractivity contribution in [3.05, 3.63) is 65.5 Å². The van der Waals surface area contributed by atoms with E-state index in [4.69, 9.17) is 12.2 Å². The van der Waals surface area contributed by atoms with Crippen molar-refractivity contribution in [2.24, 2.45) is 0 Å². The van der Waals surface area contributed by atoms with Crippen molar-refractivity contribution in [3.8, 4) is 0 Å². The van der Waals surface area contributed by atoms with Crippen LogP contribution in [0.1, 0.15) is 37.3 Å². The predicted molar refractivity (Wildman–Crippen MR) is 112 cm³/mol. The Kier molecular flexibility index (Phi) is 8.22. The lowest BCUT2D eigenvalue weighted by atomic mass is 10.0. The Bertz CT molecular complexity index is 672. The summed E-state index contributed by atoms with van der Waals surface area (Å²) in [6.45, 7) is 5.16. The maximum Gasteiger partial charge on any atom is 0.170 e. The van der Waals surface area contributed by atoms with Gasteiger partial charge in [0.25, 0.3) is 0 Å². The molecular weight excluding hydrogens is 351 g/mol. The number of hydrogen-bond donors (Lipinski definition) is 2. The molecule has 2 N–H and O–H groups in total. The lowest BCUT2D eigenvalue weighted by Gasteiger charge is -2.12.